The van der Waals surface area contributed by atoms with Crippen molar-refractivity contribution < 1.29 is 91.7 Å². The van der Waals surface area contributed by atoms with Crippen molar-refractivity contribution in [2.24, 2.45) is 29.0 Å². The summed E-state index contributed by atoms with van der Waals surface area (Å²) >= 11 is 0.767. The number of aliphatic hydroxyl groups is 1. The average Bonchev–Trinajstić information content (AvgIpc) is 1.69. The summed E-state index contributed by atoms with van der Waals surface area (Å²) in [6, 6.07) is 0.619. The zero-order chi connectivity index (χ0) is 94.7. The lowest BCUT2D eigenvalue weighted by Gasteiger charge is -2.36. The van der Waals surface area contributed by atoms with Crippen LogP contribution in [-0.4, -0.2) is 299 Å². The molecule has 3 saturated heterocycles. The number of aliphatic hydroxyl groups excluding tert-OH is 1. The van der Waals surface area contributed by atoms with Gasteiger partial charge >= 0.3 is 0 Å². The smallest absolute Gasteiger partial charge is 0.246 e. The van der Waals surface area contributed by atoms with E-state index >= 15 is 33.6 Å². The number of phenolic OH excluding ortho intramolecular Hbond substituents is 1. The molecule has 6 heterocycles. The van der Waals surface area contributed by atoms with Crippen LogP contribution in [0.4, 0.5) is 0 Å². The van der Waals surface area contributed by atoms with Gasteiger partial charge in [0.05, 0.1) is 43.4 Å². The minimum atomic E-state index is -1.80. The maximum Gasteiger partial charge on any atom is 0.246 e. The second kappa shape index (κ2) is 48.0. The number of thioether (sulfide) groups is 1. The SMILES string of the molecule is CCCC[C@H]1C(=O)N(C)[C@@H](CCCC)C(=O)N[C@@H](CN)C(=O)N[C@H](C(=O)NCC(N)=O)CSCC(=O)N[C@@H](Cc2ccc(O)cc2)C(=O)N(C)[C@@H](C)C(=O)N[C@@H](CC(N)=O)C(=O)N2CCC[C@H]2C(=O)N[C@@H](Cc2c[nH]cn2)C(=O)N[C@@H](CC(C)C)C(=O)N2CCC[C@H]2C(=O)C[C@@H](Cc2c[nH]c3ccccc23)C(=O)N[C@@H](CO)C(=O)N[C@@H](Cc2c[nH]c3ccccc23)C(=O)N1C. The standard InChI is InChI=1S/C89H123N21O19S/c1-9-11-23-70-83(123)103-66(40-90)81(121)105-68(79(119)96-44-75(92)115)46-130-47-76(116)98-63(34-51-27-29-56(112)30-28-51)85(125)106(6)50(5)77(117)100-65(39-74(91)114)88(128)110-32-18-26-71(110)84(124)99-61(38-55-43-93-48-97-55)80(120)101-62(33-49(3)4)87(127)109-31-17-25-69(109)73(113)37-52(35-53-41-94-59-21-15-13-19-57(53)59)78(118)104-67(45-111)82(122)102-64(36-54-42-95-60-22-16-14-20-58(54)60)86(126)108(8)72(24-12-10-2)89(129)107(70)7/h13-16,19-22,27-30,41-43,48-50,52,61-72,94-95,111-112H,9-12,17-18,23-26,31-40,44-47,90H2,1-8H3,(H2,91,114)(H2,92,115)(H,93,97)(H,96,119)(H,98,116)(H,99,124)(H,100,117)(H,101,120)(H,102,122)(H,103,123)(H,104,118)(H,105,121)/t50-,52+,61-,62-,63-,64-,65-,66-,67-,68-,69-,70-,71-,72-/m0/s1. The van der Waals surface area contributed by atoms with E-state index in [1.165, 1.54) is 69.8 Å². The third-order valence-corrected chi connectivity index (χ3v) is 24.9. The fraction of sp³-hybridized carbons (Fsp3) is 0.528. The van der Waals surface area contributed by atoms with E-state index in [-0.39, 0.29) is 89.0 Å². The number of unbranched alkanes of at least 4 members (excludes halogenated alkanes) is 2. The highest BCUT2D eigenvalue weighted by Crippen LogP contribution is 2.30. The number of nitrogens with zero attached hydrogens (tertiary/aromatic N) is 6. The predicted molar refractivity (Wildman–Crippen MR) is 479 cm³/mol. The largest absolute Gasteiger partial charge is 0.508 e. The molecule has 704 valence electrons. The lowest BCUT2D eigenvalue weighted by Crippen LogP contribution is -2.61. The Hall–Kier alpha value is -12.8. The van der Waals surface area contributed by atoms with Crippen LogP contribution in [0.3, 0.4) is 0 Å². The van der Waals surface area contributed by atoms with E-state index in [1.54, 1.807) is 48.8 Å². The van der Waals surface area contributed by atoms with Crippen molar-refractivity contribution in [3.8, 4) is 5.75 Å². The molecule has 3 aliphatic heterocycles. The molecule has 14 atom stereocenters. The molecular formula is C89H123N21O19S. The first-order valence-electron chi connectivity index (χ1n) is 44.0. The van der Waals surface area contributed by atoms with Crippen molar-refractivity contribution in [3.05, 3.63) is 120 Å². The molecule has 130 heavy (non-hydrogen) atoms. The lowest BCUT2D eigenvalue weighted by molar-refractivity contribution is -0.149. The van der Waals surface area contributed by atoms with Crippen molar-refractivity contribution in [1.82, 2.24) is 92.3 Å². The number of nitrogens with two attached hydrogens (primary N) is 3. The topological polar surface area (TPSA) is 593 Å². The Bertz CT molecular complexity index is 5020. The number of rotatable bonds is 23. The van der Waals surface area contributed by atoms with Crippen molar-refractivity contribution >= 4 is 134 Å². The first-order valence-corrected chi connectivity index (χ1v) is 45.1. The van der Waals surface area contributed by atoms with E-state index in [0.29, 0.717) is 76.3 Å². The maximum absolute atomic E-state index is 15.7. The number of hydrogen-bond donors (Lipinski definition) is 17. The van der Waals surface area contributed by atoms with Crippen molar-refractivity contribution in [3.63, 3.8) is 0 Å². The van der Waals surface area contributed by atoms with Crippen LogP contribution in [0.5, 0.6) is 5.75 Å². The van der Waals surface area contributed by atoms with Crippen LogP contribution in [-0.2, 0) is 107 Å². The molecule has 0 spiro atoms. The number of likely N-dealkylation sites (N-methyl/N-ethyl adjacent to an activating group) is 3. The number of amides is 16. The Balaban J connectivity index is 1.08. The van der Waals surface area contributed by atoms with Crippen LogP contribution in [0.1, 0.15) is 140 Å². The van der Waals surface area contributed by atoms with E-state index in [9.17, 15) is 58.2 Å². The number of Topliss-reactive ketones (excluding diaryl/α,β-unsaturated/α-hetero) is 1. The highest BCUT2D eigenvalue weighted by atomic mass is 32.2. The third kappa shape index (κ3) is 27.2. The number of para-hydroxylation sites is 2. The molecule has 0 bridgehead atoms. The van der Waals surface area contributed by atoms with Crippen LogP contribution >= 0.6 is 11.8 Å². The Morgan fingerprint density at radius 1 is 0.554 bits per heavy atom. The summed E-state index contributed by atoms with van der Waals surface area (Å²) in [7, 11) is 3.94. The van der Waals surface area contributed by atoms with Crippen molar-refractivity contribution in [2.75, 3.05) is 65.4 Å². The van der Waals surface area contributed by atoms with Gasteiger partial charge in [0, 0.05) is 119 Å². The maximum atomic E-state index is 15.7. The van der Waals surface area contributed by atoms with Gasteiger partial charge in [0.1, 0.15) is 78.3 Å². The minimum absolute atomic E-state index is 0.00560. The quantitative estimate of drug-likeness (QED) is 0.0361. The molecule has 0 radical (unpaired) electrons. The number of hydrogen-bond acceptors (Lipinski definition) is 22. The highest BCUT2D eigenvalue weighted by molar-refractivity contribution is 8.00. The molecule has 3 aliphatic rings. The molecule has 0 saturated carbocycles. The zero-order valence-corrected chi connectivity index (χ0v) is 75.3. The Morgan fingerprint density at radius 2 is 1.09 bits per heavy atom. The monoisotopic (exact) mass is 1820 g/mol. The summed E-state index contributed by atoms with van der Waals surface area (Å²) < 4.78 is 0. The predicted octanol–water partition coefficient (Wildman–Crippen LogP) is -1.11. The van der Waals surface area contributed by atoms with E-state index in [2.05, 4.69) is 67.8 Å². The van der Waals surface area contributed by atoms with Gasteiger partial charge in [-0.2, -0.15) is 0 Å². The number of nitrogens with one attached hydrogen (secondary N) is 12. The van der Waals surface area contributed by atoms with Gasteiger partial charge in [-0.1, -0.05) is 102 Å². The van der Waals surface area contributed by atoms with Gasteiger partial charge in [0.2, 0.25) is 94.5 Å². The number of aromatic amines is 3. The molecule has 3 aromatic carbocycles. The van der Waals surface area contributed by atoms with Gasteiger partial charge in [-0.15, -0.1) is 11.8 Å². The van der Waals surface area contributed by atoms with E-state index < -0.39 is 229 Å². The number of primary amides is 2. The first kappa shape index (κ1) is 101. The number of fused-ring (bicyclic) bond motifs is 4. The molecule has 16 amide bonds. The van der Waals surface area contributed by atoms with Gasteiger partial charge < -0.3 is 115 Å². The Morgan fingerprint density at radius 3 is 1.69 bits per heavy atom. The normalized spacial score (nSPS) is 24.8. The molecule has 3 aromatic heterocycles. The summed E-state index contributed by atoms with van der Waals surface area (Å²) in [5.41, 5.74) is 20.5. The van der Waals surface area contributed by atoms with Crippen LogP contribution in [0.15, 0.2) is 97.7 Å². The molecular weight excluding hydrogens is 1700 g/mol. The number of imidazole rings is 1. The zero-order valence-electron chi connectivity index (χ0n) is 74.5. The fourth-order valence-corrected chi connectivity index (χ4v) is 17.4. The summed E-state index contributed by atoms with van der Waals surface area (Å²) in [5.74, 6) is -17.6. The number of aromatic hydroxyl groups is 1. The molecule has 3 fully saturated rings. The molecule has 6 aromatic rings. The van der Waals surface area contributed by atoms with Gasteiger partial charge in [-0.25, -0.2) is 4.98 Å². The average molecular weight is 1820 g/mol. The summed E-state index contributed by atoms with van der Waals surface area (Å²) in [5, 5.41) is 46.5. The number of ketones is 1. The molecule has 9 rings (SSSR count). The van der Waals surface area contributed by atoms with E-state index in [4.69, 9.17) is 17.2 Å². The number of H-pyrrole nitrogens is 3. The molecule has 41 heteroatoms. The number of benzene rings is 3. The van der Waals surface area contributed by atoms with Crippen LogP contribution < -0.4 is 65.1 Å². The summed E-state index contributed by atoms with van der Waals surface area (Å²) in [6.45, 7) is 6.21. The number of aromatic nitrogens is 4. The molecule has 0 unspecified atom stereocenters. The number of phenols is 1. The highest BCUT2D eigenvalue weighted by Gasteiger charge is 2.46. The number of carbonyl (C=O) groups is 17. The van der Waals surface area contributed by atoms with Gasteiger partial charge in [-0.05, 0) is 105 Å². The van der Waals surface area contributed by atoms with Gasteiger partial charge in [-0.3, -0.25) is 81.5 Å². The Kier molecular flexibility index (Phi) is 37.3. The Labute approximate surface area is 756 Å². The van der Waals surface area contributed by atoms with E-state index in [0.717, 1.165) is 31.4 Å². The lowest BCUT2D eigenvalue weighted by atomic mass is 9.90. The molecule has 20 N–H and O–H groups in total. The van der Waals surface area contributed by atoms with Crippen molar-refractivity contribution in [2.45, 2.75) is 222 Å². The van der Waals surface area contributed by atoms with Crippen molar-refractivity contribution in [1.29, 1.82) is 0 Å². The summed E-state index contributed by atoms with van der Waals surface area (Å²) in [6.07, 6.45) is 6.39. The second-order valence-electron chi connectivity index (χ2n) is 33.8. The van der Waals surface area contributed by atoms with Crippen LogP contribution in [0.2, 0.25) is 0 Å². The second-order valence-corrected chi connectivity index (χ2v) is 34.8. The number of carbonyl (C=O) groups excluding carboxylic acids is 17. The molecule has 0 aliphatic carbocycles. The third-order valence-electron chi connectivity index (χ3n) is 23.8. The fourth-order valence-electron chi connectivity index (χ4n) is 16.5. The van der Waals surface area contributed by atoms with Gasteiger partial charge in [0.15, 0.2) is 5.78 Å². The van der Waals surface area contributed by atoms with Crippen LogP contribution in [0, 0.1) is 11.8 Å². The van der Waals surface area contributed by atoms with Crippen LogP contribution in [0.25, 0.3) is 21.8 Å². The molecule has 40 nitrogen and oxygen atoms in total. The van der Waals surface area contributed by atoms with Gasteiger partial charge in [0.25, 0.3) is 0 Å². The first-order chi connectivity index (χ1) is 62.0. The van der Waals surface area contributed by atoms with E-state index in [1.807, 2.05) is 39.8 Å². The minimum Gasteiger partial charge on any atom is -0.508 e. The summed E-state index contributed by atoms with van der Waals surface area (Å²) in [4.78, 5) is 268.